The first-order chi connectivity index (χ1) is 23.1. The first kappa shape index (κ1) is 34.5. The lowest BCUT2D eigenvalue weighted by Gasteiger charge is -2.32. The van der Waals surface area contributed by atoms with Crippen LogP contribution in [0.2, 0.25) is 0 Å². The van der Waals surface area contributed by atoms with E-state index in [1.54, 1.807) is 19.8 Å². The minimum Gasteiger partial charge on any atom is -0.493 e. The lowest BCUT2D eigenvalue weighted by Crippen LogP contribution is -2.33. The molecular formula is C43H54N2O2. The van der Waals surface area contributed by atoms with Gasteiger partial charge in [0, 0.05) is 13.1 Å². The molecule has 3 aromatic carbocycles. The predicted octanol–water partition coefficient (Wildman–Crippen LogP) is 10.9. The summed E-state index contributed by atoms with van der Waals surface area (Å²) >= 11 is 0. The Bertz CT molecular complexity index is 1500. The fourth-order valence-electron chi connectivity index (χ4n) is 7.63. The molecular weight excluding hydrogens is 576 g/mol. The number of ether oxygens (including phenoxy) is 2. The van der Waals surface area contributed by atoms with Crippen molar-refractivity contribution >= 4 is 17.7 Å². The molecule has 47 heavy (non-hydrogen) atoms. The van der Waals surface area contributed by atoms with Crippen LogP contribution in [0, 0.1) is 11.3 Å². The van der Waals surface area contributed by atoms with E-state index in [0.717, 1.165) is 63.7 Å². The van der Waals surface area contributed by atoms with Crippen molar-refractivity contribution in [3.8, 4) is 17.6 Å². The van der Waals surface area contributed by atoms with Crippen molar-refractivity contribution in [2.24, 2.45) is 0 Å². The molecule has 2 aliphatic rings. The monoisotopic (exact) mass is 630 g/mol. The van der Waals surface area contributed by atoms with Gasteiger partial charge in [0.05, 0.1) is 25.7 Å². The highest BCUT2D eigenvalue weighted by molar-refractivity contribution is 5.94. The van der Waals surface area contributed by atoms with Crippen LogP contribution in [0.5, 0.6) is 11.5 Å². The minimum absolute atomic E-state index is 0.522. The van der Waals surface area contributed by atoms with E-state index in [2.05, 4.69) is 84.6 Å². The van der Waals surface area contributed by atoms with Gasteiger partial charge in [-0.3, -0.25) is 0 Å². The number of likely N-dealkylation sites (tertiary alicyclic amines) is 1. The fourth-order valence-corrected chi connectivity index (χ4v) is 7.63. The maximum absolute atomic E-state index is 10.8. The van der Waals surface area contributed by atoms with Crippen molar-refractivity contribution in [2.75, 3.05) is 33.9 Å². The number of benzene rings is 3. The molecule has 248 valence electrons. The van der Waals surface area contributed by atoms with Crippen LogP contribution in [-0.4, -0.2) is 38.8 Å². The van der Waals surface area contributed by atoms with Gasteiger partial charge in [0.15, 0.2) is 11.5 Å². The maximum Gasteiger partial charge on any atom is 0.161 e. The Labute approximate surface area is 284 Å². The summed E-state index contributed by atoms with van der Waals surface area (Å²) in [4.78, 5) is 2.61. The second-order valence-electron chi connectivity index (χ2n) is 13.4. The Morgan fingerprint density at radius 1 is 0.702 bits per heavy atom. The Kier molecular flexibility index (Phi) is 12.8. The summed E-state index contributed by atoms with van der Waals surface area (Å²) < 4.78 is 11.2. The number of nitriles is 1. The number of hydrogen-bond acceptors (Lipinski definition) is 4. The van der Waals surface area contributed by atoms with Crippen molar-refractivity contribution < 1.29 is 9.47 Å². The van der Waals surface area contributed by atoms with E-state index < -0.39 is 5.41 Å². The normalized spacial score (nSPS) is 15.7. The van der Waals surface area contributed by atoms with E-state index in [4.69, 9.17) is 9.47 Å². The molecule has 1 heterocycles. The molecule has 3 aromatic rings. The summed E-state index contributed by atoms with van der Waals surface area (Å²) in [5.74, 6) is 1.41. The molecule has 1 aliphatic heterocycles. The standard InChI is InChI=1S/C43H54N2O2/c1-4-5-6-7-8-9-10-15-27-43(33-44,37-23-24-40(46-2)41(32-37)47-3)28-16-29-45-30-25-36(26-31-45)42-38-19-13-11-17-34(38)21-22-35-18-12-14-20-39(35)42/h11-14,17-24,32H,4-10,15-16,25-31H2,1-3H3. The molecule has 0 aromatic heterocycles. The molecule has 4 heteroatoms. The number of rotatable bonds is 16. The van der Waals surface area contributed by atoms with Gasteiger partial charge in [-0.05, 0) is 84.2 Å². The highest BCUT2D eigenvalue weighted by atomic mass is 16.5. The summed E-state index contributed by atoms with van der Waals surface area (Å²) in [6.45, 7) is 5.41. The maximum atomic E-state index is 10.8. The van der Waals surface area contributed by atoms with Crippen molar-refractivity contribution in [3.05, 3.63) is 100 Å². The van der Waals surface area contributed by atoms with Gasteiger partial charge >= 0.3 is 0 Å². The third-order valence-corrected chi connectivity index (χ3v) is 10.4. The molecule has 1 aliphatic carbocycles. The van der Waals surface area contributed by atoms with Crippen LogP contribution in [0.15, 0.2) is 72.3 Å². The molecule has 1 atom stereocenters. The number of unbranched alkanes of at least 4 members (excludes halogenated alkanes) is 7. The molecule has 5 rings (SSSR count). The second-order valence-corrected chi connectivity index (χ2v) is 13.4. The van der Waals surface area contributed by atoms with Crippen LogP contribution in [0.3, 0.4) is 0 Å². The third-order valence-electron chi connectivity index (χ3n) is 10.4. The van der Waals surface area contributed by atoms with Gasteiger partial charge < -0.3 is 14.4 Å². The second kappa shape index (κ2) is 17.4. The van der Waals surface area contributed by atoms with Crippen molar-refractivity contribution in [2.45, 2.75) is 95.8 Å². The average Bonchev–Trinajstić information content (AvgIpc) is 3.29. The van der Waals surface area contributed by atoms with Crippen LogP contribution < -0.4 is 9.47 Å². The number of nitrogens with zero attached hydrogens (tertiary/aromatic N) is 2. The fraction of sp³-hybridized carbons (Fsp3) is 0.465. The highest BCUT2D eigenvalue weighted by Gasteiger charge is 2.33. The summed E-state index contributed by atoms with van der Waals surface area (Å²) in [5, 5.41) is 10.8. The van der Waals surface area contributed by atoms with Gasteiger partial charge in [0.1, 0.15) is 0 Å². The molecule has 0 radical (unpaired) electrons. The van der Waals surface area contributed by atoms with Crippen LogP contribution in [0.1, 0.15) is 118 Å². The van der Waals surface area contributed by atoms with Gasteiger partial charge in [-0.2, -0.15) is 5.26 Å². The Balaban J connectivity index is 1.25. The van der Waals surface area contributed by atoms with E-state index in [9.17, 15) is 5.26 Å². The van der Waals surface area contributed by atoms with Crippen LogP contribution in [0.25, 0.3) is 17.7 Å². The Hall–Kier alpha value is -3.81. The van der Waals surface area contributed by atoms with E-state index in [1.165, 1.54) is 72.8 Å². The third kappa shape index (κ3) is 8.57. The lowest BCUT2D eigenvalue weighted by molar-refractivity contribution is 0.243. The molecule has 0 N–H and O–H groups in total. The van der Waals surface area contributed by atoms with Gasteiger partial charge in [-0.1, -0.05) is 131 Å². The lowest BCUT2D eigenvalue weighted by atomic mass is 9.74. The number of methoxy groups -OCH3 is 2. The van der Waals surface area contributed by atoms with E-state index in [-0.39, 0.29) is 0 Å². The zero-order valence-corrected chi connectivity index (χ0v) is 29.0. The van der Waals surface area contributed by atoms with Gasteiger partial charge in [0.2, 0.25) is 0 Å². The molecule has 0 amide bonds. The first-order valence-corrected chi connectivity index (χ1v) is 18.1. The molecule has 1 fully saturated rings. The minimum atomic E-state index is -0.522. The quantitative estimate of drug-likeness (QED) is 0.116. The topological polar surface area (TPSA) is 45.5 Å². The van der Waals surface area contributed by atoms with Gasteiger partial charge in [0.25, 0.3) is 0 Å². The summed E-state index contributed by atoms with van der Waals surface area (Å²) in [6, 6.07) is 26.6. The Morgan fingerprint density at radius 2 is 1.28 bits per heavy atom. The van der Waals surface area contributed by atoms with Gasteiger partial charge in [-0.25, -0.2) is 0 Å². The summed E-state index contributed by atoms with van der Waals surface area (Å²) in [6.07, 6.45) is 19.6. The largest absolute Gasteiger partial charge is 0.493 e. The number of fused-ring (bicyclic) bond motifs is 2. The van der Waals surface area contributed by atoms with E-state index >= 15 is 0 Å². The van der Waals surface area contributed by atoms with Crippen LogP contribution in [0.4, 0.5) is 0 Å². The highest BCUT2D eigenvalue weighted by Crippen LogP contribution is 2.41. The molecule has 1 unspecified atom stereocenters. The first-order valence-electron chi connectivity index (χ1n) is 18.1. The number of hydrogen-bond donors (Lipinski definition) is 0. The predicted molar refractivity (Wildman–Crippen MR) is 197 cm³/mol. The molecule has 1 saturated heterocycles. The molecule has 0 spiro atoms. The van der Waals surface area contributed by atoms with E-state index in [0.29, 0.717) is 11.5 Å². The van der Waals surface area contributed by atoms with Crippen LogP contribution in [-0.2, 0) is 5.41 Å². The van der Waals surface area contributed by atoms with Crippen molar-refractivity contribution in [1.82, 2.24) is 4.90 Å². The van der Waals surface area contributed by atoms with Crippen molar-refractivity contribution in [1.29, 1.82) is 5.26 Å². The van der Waals surface area contributed by atoms with Gasteiger partial charge in [-0.15, -0.1) is 0 Å². The molecule has 4 nitrogen and oxygen atoms in total. The zero-order valence-electron chi connectivity index (χ0n) is 29.0. The van der Waals surface area contributed by atoms with Crippen LogP contribution >= 0.6 is 0 Å². The summed E-state index contributed by atoms with van der Waals surface area (Å²) in [5.41, 5.74) is 8.84. The van der Waals surface area contributed by atoms with Crippen molar-refractivity contribution in [3.63, 3.8) is 0 Å². The zero-order chi connectivity index (χ0) is 32.9. The molecule has 0 bridgehead atoms. The average molecular weight is 631 g/mol. The number of piperidine rings is 1. The SMILES string of the molecule is CCCCCCCCCCC(C#N)(CCCN1CCC(=C2c3ccccc3C=Cc3ccccc32)CC1)c1ccc(OC)c(OC)c1. The molecule has 0 saturated carbocycles. The smallest absolute Gasteiger partial charge is 0.161 e. The Morgan fingerprint density at radius 3 is 1.87 bits per heavy atom. The van der Waals surface area contributed by atoms with E-state index in [1.807, 2.05) is 12.1 Å². The summed E-state index contributed by atoms with van der Waals surface area (Å²) in [7, 11) is 3.34.